The zero-order valence-corrected chi connectivity index (χ0v) is 11.5. The van der Waals surface area contributed by atoms with Crippen LogP contribution in [0.5, 0.6) is 11.5 Å². The number of aromatic hydroxyl groups is 1. The van der Waals surface area contributed by atoms with Crippen molar-refractivity contribution in [2.75, 3.05) is 33.3 Å². The molecule has 2 aliphatic heterocycles. The second-order valence-corrected chi connectivity index (χ2v) is 5.56. The summed E-state index contributed by atoms with van der Waals surface area (Å²) in [5.74, 6) is 1.05. The molecule has 0 saturated carbocycles. The van der Waals surface area contributed by atoms with Gasteiger partial charge in [-0.05, 0) is 25.5 Å². The molecule has 0 aliphatic carbocycles. The molecule has 19 heavy (non-hydrogen) atoms. The Balaban J connectivity index is 1.65. The van der Waals surface area contributed by atoms with Crippen LogP contribution in [-0.4, -0.2) is 54.2 Å². The summed E-state index contributed by atoms with van der Waals surface area (Å²) >= 11 is 0. The van der Waals surface area contributed by atoms with Crippen LogP contribution in [0.1, 0.15) is 18.4 Å². The molecule has 4 heteroatoms. The van der Waals surface area contributed by atoms with Gasteiger partial charge in [-0.15, -0.1) is 0 Å². The highest BCUT2D eigenvalue weighted by Crippen LogP contribution is 2.27. The molecule has 1 unspecified atom stereocenters. The number of ether oxygens (including phenoxy) is 1. The van der Waals surface area contributed by atoms with Gasteiger partial charge in [-0.25, -0.2) is 0 Å². The molecule has 4 nitrogen and oxygen atoms in total. The quantitative estimate of drug-likeness (QED) is 0.899. The molecule has 0 amide bonds. The number of rotatable bonds is 3. The fourth-order valence-electron chi connectivity index (χ4n) is 3.24. The summed E-state index contributed by atoms with van der Waals surface area (Å²) in [5, 5.41) is 10.0. The van der Waals surface area contributed by atoms with Gasteiger partial charge in [-0.2, -0.15) is 0 Å². The molecule has 0 bridgehead atoms. The van der Waals surface area contributed by atoms with Crippen molar-refractivity contribution in [1.29, 1.82) is 0 Å². The van der Waals surface area contributed by atoms with E-state index in [-0.39, 0.29) is 0 Å². The Morgan fingerprint density at radius 2 is 2.21 bits per heavy atom. The van der Waals surface area contributed by atoms with Crippen molar-refractivity contribution in [2.24, 2.45) is 0 Å². The van der Waals surface area contributed by atoms with E-state index in [1.54, 1.807) is 13.2 Å². The first-order valence-corrected chi connectivity index (χ1v) is 7.08. The van der Waals surface area contributed by atoms with Gasteiger partial charge in [-0.3, -0.25) is 9.80 Å². The van der Waals surface area contributed by atoms with Crippen molar-refractivity contribution in [1.82, 2.24) is 9.80 Å². The summed E-state index contributed by atoms with van der Waals surface area (Å²) in [7, 11) is 1.62. The molecule has 1 atom stereocenters. The van der Waals surface area contributed by atoms with Gasteiger partial charge in [0, 0.05) is 43.9 Å². The molecule has 2 heterocycles. The van der Waals surface area contributed by atoms with Gasteiger partial charge >= 0.3 is 0 Å². The molecule has 0 radical (unpaired) electrons. The Morgan fingerprint density at radius 3 is 3.00 bits per heavy atom. The molecule has 2 aliphatic rings. The Morgan fingerprint density at radius 1 is 1.32 bits per heavy atom. The fraction of sp³-hybridized carbons (Fsp3) is 0.600. The first-order valence-electron chi connectivity index (χ1n) is 7.08. The number of hydrogen-bond donors (Lipinski definition) is 1. The summed E-state index contributed by atoms with van der Waals surface area (Å²) in [5.41, 5.74) is 0.993. The lowest BCUT2D eigenvalue weighted by Crippen LogP contribution is -2.49. The Labute approximate surface area is 114 Å². The van der Waals surface area contributed by atoms with Gasteiger partial charge in [0.05, 0.1) is 7.11 Å². The summed E-state index contributed by atoms with van der Waals surface area (Å²) in [6.07, 6.45) is 2.66. The number of fused-ring (bicyclic) bond motifs is 1. The summed E-state index contributed by atoms with van der Waals surface area (Å²) < 4.78 is 5.12. The average Bonchev–Trinajstić information content (AvgIpc) is 2.88. The van der Waals surface area contributed by atoms with Gasteiger partial charge in [-0.1, -0.05) is 6.07 Å². The minimum absolute atomic E-state index is 0.341. The van der Waals surface area contributed by atoms with E-state index in [2.05, 4.69) is 9.80 Å². The molecule has 2 saturated heterocycles. The van der Waals surface area contributed by atoms with E-state index in [0.29, 0.717) is 11.5 Å². The van der Waals surface area contributed by atoms with Crippen LogP contribution in [0.15, 0.2) is 18.2 Å². The number of hydrogen-bond acceptors (Lipinski definition) is 4. The van der Waals surface area contributed by atoms with Crippen molar-refractivity contribution in [3.8, 4) is 11.5 Å². The zero-order chi connectivity index (χ0) is 13.2. The first-order chi connectivity index (χ1) is 9.26. The largest absolute Gasteiger partial charge is 0.507 e. The molecule has 104 valence electrons. The maximum absolute atomic E-state index is 10.0. The first kappa shape index (κ1) is 12.8. The van der Waals surface area contributed by atoms with Gasteiger partial charge in [0.2, 0.25) is 0 Å². The monoisotopic (exact) mass is 262 g/mol. The third-order valence-electron chi connectivity index (χ3n) is 4.36. The summed E-state index contributed by atoms with van der Waals surface area (Å²) in [4.78, 5) is 5.05. The number of benzene rings is 1. The minimum atomic E-state index is 0.341. The molecule has 1 N–H and O–H groups in total. The summed E-state index contributed by atoms with van der Waals surface area (Å²) in [6.45, 7) is 5.50. The van der Waals surface area contributed by atoms with Gasteiger partial charge in [0.15, 0.2) is 0 Å². The molecule has 0 spiro atoms. The van der Waals surface area contributed by atoms with Crippen molar-refractivity contribution in [2.45, 2.75) is 25.4 Å². The fourth-order valence-corrected chi connectivity index (χ4v) is 3.24. The normalized spacial score (nSPS) is 24.4. The smallest absolute Gasteiger partial charge is 0.123 e. The molecular formula is C15H22N2O2. The van der Waals surface area contributed by atoms with Crippen molar-refractivity contribution in [3.63, 3.8) is 0 Å². The third-order valence-corrected chi connectivity index (χ3v) is 4.36. The van der Waals surface area contributed by atoms with E-state index in [0.717, 1.165) is 31.2 Å². The van der Waals surface area contributed by atoms with Crippen LogP contribution in [0.4, 0.5) is 0 Å². The highest BCUT2D eigenvalue weighted by molar-refractivity contribution is 5.39. The lowest BCUT2D eigenvalue weighted by atomic mass is 10.1. The molecule has 2 fully saturated rings. The van der Waals surface area contributed by atoms with Crippen LogP contribution in [0, 0.1) is 0 Å². The number of phenols is 1. The molecule has 3 rings (SSSR count). The van der Waals surface area contributed by atoms with Crippen LogP contribution >= 0.6 is 0 Å². The molecular weight excluding hydrogens is 240 g/mol. The van der Waals surface area contributed by atoms with Crippen LogP contribution in [0.25, 0.3) is 0 Å². The second-order valence-electron chi connectivity index (χ2n) is 5.56. The van der Waals surface area contributed by atoms with Gasteiger partial charge < -0.3 is 9.84 Å². The third kappa shape index (κ3) is 2.69. The van der Waals surface area contributed by atoms with Crippen LogP contribution in [-0.2, 0) is 6.54 Å². The standard InChI is InChI=1S/C15H22N2O2/c1-19-14-5-4-12(15(18)9-14)10-16-7-8-17-6-2-3-13(17)11-16/h4-5,9,13,18H,2-3,6-8,10-11H2,1H3. The van der Waals surface area contributed by atoms with E-state index >= 15 is 0 Å². The maximum Gasteiger partial charge on any atom is 0.123 e. The summed E-state index contributed by atoms with van der Waals surface area (Å²) in [6, 6.07) is 6.31. The lowest BCUT2D eigenvalue weighted by molar-refractivity contribution is 0.0987. The lowest BCUT2D eigenvalue weighted by Gasteiger charge is -2.37. The van der Waals surface area contributed by atoms with Gasteiger partial charge in [0.25, 0.3) is 0 Å². The number of methoxy groups -OCH3 is 1. The van der Waals surface area contributed by atoms with Crippen molar-refractivity contribution < 1.29 is 9.84 Å². The SMILES string of the molecule is COc1ccc(CN2CCN3CCCC3C2)c(O)c1. The second kappa shape index (κ2) is 5.39. The minimum Gasteiger partial charge on any atom is -0.507 e. The van der Waals surface area contributed by atoms with Crippen molar-refractivity contribution in [3.05, 3.63) is 23.8 Å². The predicted molar refractivity (Wildman–Crippen MR) is 74.5 cm³/mol. The van der Waals surface area contributed by atoms with Crippen molar-refractivity contribution >= 4 is 0 Å². The highest BCUT2D eigenvalue weighted by Gasteiger charge is 2.30. The van der Waals surface area contributed by atoms with E-state index < -0.39 is 0 Å². The Kier molecular flexibility index (Phi) is 3.62. The van der Waals surface area contributed by atoms with E-state index in [4.69, 9.17) is 4.74 Å². The zero-order valence-electron chi connectivity index (χ0n) is 11.5. The Hall–Kier alpha value is -1.26. The topological polar surface area (TPSA) is 35.9 Å². The van der Waals surface area contributed by atoms with Crippen LogP contribution in [0.2, 0.25) is 0 Å². The number of piperazine rings is 1. The van der Waals surface area contributed by atoms with E-state index in [1.165, 1.54) is 25.9 Å². The van der Waals surface area contributed by atoms with E-state index in [1.807, 2.05) is 12.1 Å². The molecule has 1 aromatic rings. The molecule has 0 aromatic heterocycles. The van der Waals surface area contributed by atoms with E-state index in [9.17, 15) is 5.11 Å². The average molecular weight is 262 g/mol. The predicted octanol–water partition coefficient (Wildman–Crippen LogP) is 1.68. The number of nitrogens with zero attached hydrogens (tertiary/aromatic N) is 2. The maximum atomic E-state index is 10.0. The van der Waals surface area contributed by atoms with Gasteiger partial charge in [0.1, 0.15) is 11.5 Å². The highest BCUT2D eigenvalue weighted by atomic mass is 16.5. The molecule has 1 aromatic carbocycles. The number of phenolic OH excluding ortho intramolecular Hbond substituents is 1. The van der Waals surface area contributed by atoms with Crippen LogP contribution in [0.3, 0.4) is 0 Å². The Bertz CT molecular complexity index is 450. The van der Waals surface area contributed by atoms with Crippen LogP contribution < -0.4 is 4.74 Å².